The van der Waals surface area contributed by atoms with E-state index in [0.29, 0.717) is 37.6 Å². The van der Waals surface area contributed by atoms with Crippen LogP contribution < -0.4 is 4.90 Å². The van der Waals surface area contributed by atoms with Crippen LogP contribution in [-0.2, 0) is 24.4 Å². The number of aliphatic hydroxyl groups excluding tert-OH is 1. The largest absolute Gasteiger partial charge is 0.392 e. The van der Waals surface area contributed by atoms with E-state index in [1.165, 1.54) is 0 Å². The molecule has 1 N–H and O–H groups in total. The van der Waals surface area contributed by atoms with Crippen molar-refractivity contribution in [2.45, 2.75) is 72.6 Å². The molecule has 7 nitrogen and oxygen atoms in total. The van der Waals surface area contributed by atoms with E-state index in [9.17, 15) is 15.2 Å². The molecule has 1 aromatic carbocycles. The van der Waals surface area contributed by atoms with Crippen molar-refractivity contribution in [1.82, 2.24) is 14.5 Å². The van der Waals surface area contributed by atoms with Gasteiger partial charge in [0.05, 0.1) is 23.9 Å². The third-order valence-corrected chi connectivity index (χ3v) is 7.54. The zero-order valence-electron chi connectivity index (χ0n) is 22.7. The second-order valence-electron chi connectivity index (χ2n) is 10.7. The Morgan fingerprint density at radius 2 is 1.92 bits per heavy atom. The lowest BCUT2D eigenvalue weighted by Crippen LogP contribution is -2.58. The molecule has 3 aromatic rings. The third kappa shape index (κ3) is 5.21. The van der Waals surface area contributed by atoms with E-state index >= 15 is 0 Å². The van der Waals surface area contributed by atoms with Crippen molar-refractivity contribution < 1.29 is 9.90 Å². The molecule has 4 rings (SSSR count). The molecule has 0 aliphatic carbocycles. The van der Waals surface area contributed by atoms with Crippen molar-refractivity contribution >= 4 is 22.6 Å². The number of benzene rings is 1. The van der Waals surface area contributed by atoms with Gasteiger partial charge in [-0.25, -0.2) is 4.98 Å². The molecule has 1 aliphatic rings. The first-order valence-electron chi connectivity index (χ1n) is 13.5. The molecule has 2 aromatic heterocycles. The Hall–Kier alpha value is -3.37. The van der Waals surface area contributed by atoms with Gasteiger partial charge < -0.3 is 19.5 Å². The van der Waals surface area contributed by atoms with Crippen molar-refractivity contribution in [3.8, 4) is 6.07 Å². The van der Waals surface area contributed by atoms with Crippen molar-refractivity contribution in [2.24, 2.45) is 5.92 Å². The van der Waals surface area contributed by atoms with Crippen LogP contribution in [0.15, 0.2) is 36.5 Å². The Morgan fingerprint density at radius 3 is 2.57 bits per heavy atom. The van der Waals surface area contributed by atoms with Gasteiger partial charge in [0, 0.05) is 36.9 Å². The van der Waals surface area contributed by atoms with Gasteiger partial charge >= 0.3 is 0 Å². The third-order valence-electron chi connectivity index (χ3n) is 7.54. The van der Waals surface area contributed by atoms with Crippen LogP contribution >= 0.6 is 0 Å². The fourth-order valence-corrected chi connectivity index (χ4v) is 5.60. The summed E-state index contributed by atoms with van der Waals surface area (Å²) in [6.07, 6.45) is 3.59. The second kappa shape index (κ2) is 11.4. The number of carbonyl (C=O) groups excluding carboxylic acids is 1. The number of hydrogen-bond acceptors (Lipinski definition) is 5. The molecule has 0 bridgehead atoms. The number of carbonyl (C=O) groups is 1. The lowest BCUT2D eigenvalue weighted by atomic mass is 9.92. The van der Waals surface area contributed by atoms with E-state index in [1.807, 2.05) is 39.9 Å². The minimum Gasteiger partial charge on any atom is -0.392 e. The SMILES string of the molecule is CCCc1c(C#N)c(N2CCN(C(=O)Cn3ccc4ccccc43)[C@H](C(C)C)C2)nc(C(C)C)c1CO. The summed E-state index contributed by atoms with van der Waals surface area (Å²) in [6, 6.07) is 12.6. The number of nitriles is 1. The van der Waals surface area contributed by atoms with Crippen LogP contribution in [0.3, 0.4) is 0 Å². The number of aliphatic hydroxyl groups is 1. The molecule has 0 radical (unpaired) electrons. The van der Waals surface area contributed by atoms with E-state index in [4.69, 9.17) is 4.98 Å². The van der Waals surface area contributed by atoms with Crippen LogP contribution in [0, 0.1) is 17.2 Å². The molecular weight excluding hydrogens is 462 g/mol. The number of piperazine rings is 1. The second-order valence-corrected chi connectivity index (χ2v) is 10.7. The van der Waals surface area contributed by atoms with Crippen molar-refractivity contribution in [1.29, 1.82) is 5.26 Å². The molecule has 1 atom stereocenters. The summed E-state index contributed by atoms with van der Waals surface area (Å²) in [6.45, 7) is 12.5. The number of aromatic nitrogens is 2. The first-order chi connectivity index (χ1) is 17.8. The fourth-order valence-electron chi connectivity index (χ4n) is 5.60. The minimum absolute atomic E-state index is 0.00561. The molecule has 7 heteroatoms. The Kier molecular flexibility index (Phi) is 8.19. The standard InChI is InChI=1S/C30H39N5O2/c1-6-9-23-24(16-31)30(32-29(21(4)5)25(23)19-36)34-14-15-35(27(17-34)20(2)3)28(37)18-33-13-12-22-10-7-8-11-26(22)33/h7-8,10-13,20-21,27,36H,6,9,14-15,17-19H2,1-5H3/t27-/m0/s1. The van der Waals surface area contributed by atoms with Gasteiger partial charge in [-0.3, -0.25) is 4.79 Å². The van der Waals surface area contributed by atoms with Crippen LogP contribution in [0.25, 0.3) is 10.9 Å². The van der Waals surface area contributed by atoms with E-state index in [2.05, 4.69) is 51.7 Å². The maximum absolute atomic E-state index is 13.5. The van der Waals surface area contributed by atoms with Gasteiger partial charge in [-0.1, -0.05) is 59.2 Å². The summed E-state index contributed by atoms with van der Waals surface area (Å²) in [5, 5.41) is 21.5. The van der Waals surface area contributed by atoms with Crippen LogP contribution in [0.2, 0.25) is 0 Å². The van der Waals surface area contributed by atoms with E-state index in [1.54, 1.807) is 0 Å². The van der Waals surface area contributed by atoms with Gasteiger partial charge in [0.2, 0.25) is 5.91 Å². The molecule has 1 saturated heterocycles. The number of amides is 1. The Morgan fingerprint density at radius 1 is 1.16 bits per heavy atom. The molecule has 1 amide bonds. The number of hydrogen-bond donors (Lipinski definition) is 1. The molecule has 0 unspecified atom stereocenters. The summed E-state index contributed by atoms with van der Waals surface area (Å²) < 4.78 is 2.02. The highest BCUT2D eigenvalue weighted by molar-refractivity contribution is 5.83. The normalized spacial score (nSPS) is 16.1. The average Bonchev–Trinajstić information content (AvgIpc) is 3.30. The lowest BCUT2D eigenvalue weighted by molar-refractivity contribution is -0.135. The highest BCUT2D eigenvalue weighted by atomic mass is 16.3. The van der Waals surface area contributed by atoms with Crippen molar-refractivity contribution in [3.63, 3.8) is 0 Å². The highest BCUT2D eigenvalue weighted by Gasteiger charge is 2.35. The first kappa shape index (κ1) is 26.7. The van der Waals surface area contributed by atoms with E-state index < -0.39 is 0 Å². The summed E-state index contributed by atoms with van der Waals surface area (Å²) in [7, 11) is 0. The summed E-state index contributed by atoms with van der Waals surface area (Å²) >= 11 is 0. The highest BCUT2D eigenvalue weighted by Crippen LogP contribution is 2.33. The Labute approximate surface area is 220 Å². The van der Waals surface area contributed by atoms with Crippen LogP contribution in [0.4, 0.5) is 5.82 Å². The average molecular weight is 502 g/mol. The smallest absolute Gasteiger partial charge is 0.242 e. The van der Waals surface area contributed by atoms with Gasteiger partial charge in [0.15, 0.2) is 0 Å². The molecule has 0 saturated carbocycles. The predicted molar refractivity (Wildman–Crippen MR) is 147 cm³/mol. The van der Waals surface area contributed by atoms with Gasteiger partial charge in [0.1, 0.15) is 18.4 Å². The molecule has 3 heterocycles. The number of rotatable bonds is 8. The van der Waals surface area contributed by atoms with Crippen LogP contribution in [0.5, 0.6) is 0 Å². The van der Waals surface area contributed by atoms with Crippen LogP contribution in [0.1, 0.15) is 69.3 Å². The van der Waals surface area contributed by atoms with Crippen LogP contribution in [-0.4, -0.2) is 51.1 Å². The summed E-state index contributed by atoms with van der Waals surface area (Å²) in [5.41, 5.74) is 4.20. The molecule has 1 fully saturated rings. The van der Waals surface area contributed by atoms with Gasteiger partial charge in [0.25, 0.3) is 0 Å². The summed E-state index contributed by atoms with van der Waals surface area (Å²) in [4.78, 5) is 22.7. The summed E-state index contributed by atoms with van der Waals surface area (Å²) in [5.74, 6) is 1.18. The monoisotopic (exact) mass is 501 g/mol. The van der Waals surface area contributed by atoms with Gasteiger partial charge in [-0.05, 0) is 41.3 Å². The predicted octanol–water partition coefficient (Wildman–Crippen LogP) is 4.85. The van der Waals surface area contributed by atoms with Crippen molar-refractivity contribution in [2.75, 3.05) is 24.5 Å². The molecule has 1 aliphatic heterocycles. The molecular formula is C30H39N5O2. The number of para-hydroxylation sites is 1. The van der Waals surface area contributed by atoms with E-state index in [-0.39, 0.29) is 30.4 Å². The topological polar surface area (TPSA) is 85.4 Å². The van der Waals surface area contributed by atoms with Gasteiger partial charge in [-0.15, -0.1) is 0 Å². The number of pyridine rings is 1. The quantitative estimate of drug-likeness (QED) is 0.477. The first-order valence-corrected chi connectivity index (χ1v) is 13.5. The molecule has 0 spiro atoms. The number of anilines is 1. The number of nitrogens with zero attached hydrogens (tertiary/aromatic N) is 5. The number of fused-ring (bicyclic) bond motifs is 1. The Bertz CT molecular complexity index is 1300. The van der Waals surface area contributed by atoms with Crippen molar-refractivity contribution in [3.05, 3.63) is 58.9 Å². The molecule has 37 heavy (non-hydrogen) atoms. The lowest BCUT2D eigenvalue weighted by Gasteiger charge is -2.44. The Balaban J connectivity index is 1.64. The maximum atomic E-state index is 13.5. The van der Waals surface area contributed by atoms with E-state index in [0.717, 1.165) is 40.6 Å². The maximum Gasteiger partial charge on any atom is 0.242 e. The fraction of sp³-hybridized carbons (Fsp3) is 0.500. The zero-order valence-corrected chi connectivity index (χ0v) is 22.7. The molecule has 196 valence electrons. The van der Waals surface area contributed by atoms with Gasteiger partial charge in [-0.2, -0.15) is 5.26 Å². The zero-order chi connectivity index (χ0) is 26.7. The minimum atomic E-state index is -0.115.